The highest BCUT2D eigenvalue weighted by Crippen LogP contribution is 2.54. The number of benzene rings is 1. The minimum atomic E-state index is -2.06. The van der Waals surface area contributed by atoms with Crippen LogP contribution in [0.4, 0.5) is 4.79 Å². The maximum Gasteiger partial charge on any atom is 0.325 e. The standard InChI is InChI=1S/C42H72N2O5.C19H35N3O2/c1-36(2,3)28-24-27(33(45)32(25-28)37(4,5)6)26-42(34(46)47,35(48)49)21-17-18-29(30-19-22-38(7,8)43(15)40(30,11)12)31-20-23-39(9,10)44(16)41(31,13)14;1-6-7-8-9-10-11-12-22-15(23)19(20-16(22)24)13-17(2,3)21-18(4,5)14-19/h24-25,29-31,45H,17-23,26H2,1-16H3,(H,46,47)(H,48,49);21H,6-14H2,1-5H3,(H,20,24). The number of aliphatic carboxylic acids is 2. The lowest BCUT2D eigenvalue weighted by Crippen LogP contribution is -2.68. The number of carbonyl (C=O) groups excluding carboxylic acids is 2. The molecule has 4 fully saturated rings. The molecule has 0 aliphatic carbocycles. The minimum Gasteiger partial charge on any atom is -0.507 e. The van der Waals surface area contributed by atoms with Crippen molar-refractivity contribution in [2.24, 2.45) is 23.2 Å². The fourth-order valence-corrected chi connectivity index (χ4v) is 14.4. The van der Waals surface area contributed by atoms with Crippen molar-refractivity contribution in [2.45, 2.75) is 284 Å². The number of rotatable bonds is 17. The van der Waals surface area contributed by atoms with Crippen molar-refractivity contribution in [3.05, 3.63) is 28.8 Å². The van der Waals surface area contributed by atoms with Crippen LogP contribution in [0.15, 0.2) is 12.1 Å². The average molecular weight is 1020 g/mol. The van der Waals surface area contributed by atoms with Crippen molar-refractivity contribution in [1.82, 2.24) is 25.3 Å². The number of imide groups is 1. The van der Waals surface area contributed by atoms with Gasteiger partial charge in [0.25, 0.3) is 5.91 Å². The number of carboxylic acid groups (broad SMARTS) is 2. The summed E-state index contributed by atoms with van der Waals surface area (Å²) < 4.78 is 0. The van der Waals surface area contributed by atoms with E-state index in [2.05, 4.69) is 145 Å². The van der Waals surface area contributed by atoms with Gasteiger partial charge in [0.15, 0.2) is 5.41 Å². The van der Waals surface area contributed by atoms with E-state index in [0.717, 1.165) is 50.5 Å². The Morgan fingerprint density at radius 2 is 1.16 bits per heavy atom. The van der Waals surface area contributed by atoms with Crippen LogP contribution in [0.2, 0.25) is 0 Å². The van der Waals surface area contributed by atoms with Gasteiger partial charge in [-0.25, -0.2) is 4.79 Å². The molecule has 73 heavy (non-hydrogen) atoms. The largest absolute Gasteiger partial charge is 0.507 e. The Morgan fingerprint density at radius 1 is 0.699 bits per heavy atom. The van der Waals surface area contributed by atoms with Crippen LogP contribution in [0.1, 0.15) is 245 Å². The fraction of sp³-hybridized carbons (Fsp3) is 0.836. The normalized spacial score (nSPS) is 24.9. The molecule has 0 aromatic heterocycles. The van der Waals surface area contributed by atoms with Gasteiger partial charge in [0.1, 0.15) is 11.3 Å². The Kier molecular flexibility index (Phi) is 18.8. The highest BCUT2D eigenvalue weighted by Gasteiger charge is 2.59. The number of nitrogens with one attached hydrogen (secondary N) is 2. The molecule has 0 radical (unpaired) electrons. The first kappa shape index (κ1) is 62.3. The number of likely N-dealkylation sites (tertiary alicyclic amines) is 2. The van der Waals surface area contributed by atoms with E-state index in [1.54, 1.807) is 0 Å². The number of nitrogens with zero attached hydrogens (tertiary/aromatic N) is 3. The third-order valence-electron chi connectivity index (χ3n) is 19.0. The molecule has 1 spiro atoms. The van der Waals surface area contributed by atoms with Crippen molar-refractivity contribution >= 4 is 23.9 Å². The molecule has 1 aromatic rings. The molecule has 5 rings (SSSR count). The Balaban J connectivity index is 0.000000401. The first-order chi connectivity index (χ1) is 33.1. The maximum absolute atomic E-state index is 13.2. The van der Waals surface area contributed by atoms with Crippen molar-refractivity contribution in [3.8, 4) is 5.75 Å². The highest BCUT2D eigenvalue weighted by atomic mass is 16.4. The van der Waals surface area contributed by atoms with E-state index in [1.165, 1.54) is 30.6 Å². The van der Waals surface area contributed by atoms with E-state index in [0.29, 0.717) is 48.8 Å². The van der Waals surface area contributed by atoms with Gasteiger partial charge in [-0.15, -0.1) is 0 Å². The molecule has 0 saturated carbocycles. The number of carbonyl (C=O) groups is 4. The second-order valence-electron chi connectivity index (χ2n) is 29.3. The molecule has 418 valence electrons. The Hall–Kier alpha value is -3.22. The molecule has 5 N–H and O–H groups in total. The number of piperidine rings is 3. The summed E-state index contributed by atoms with van der Waals surface area (Å²) in [6.45, 7) is 42.2. The minimum absolute atomic E-state index is 0.00116. The van der Waals surface area contributed by atoms with E-state index in [9.17, 15) is 34.5 Å². The zero-order chi connectivity index (χ0) is 55.9. The number of phenolic OH excluding ortho intramolecular Hbond substituents is 1. The molecule has 4 aliphatic rings. The van der Waals surface area contributed by atoms with Gasteiger partial charge in [-0.2, -0.15) is 0 Å². The Morgan fingerprint density at radius 3 is 1.60 bits per heavy atom. The summed E-state index contributed by atoms with van der Waals surface area (Å²) in [7, 11) is 4.49. The van der Waals surface area contributed by atoms with Gasteiger partial charge >= 0.3 is 18.0 Å². The maximum atomic E-state index is 13.2. The third-order valence-corrected chi connectivity index (χ3v) is 19.0. The SMILES string of the molecule is CCCCCCCCN1C(=O)NC2(CC(C)(C)NC(C)(C)C2)C1=O.CN1C(C)(C)CCC(C(CCCC(Cc2cc(C(C)(C)C)cc(C(C)(C)C)c2O)(C(=O)O)C(=O)O)C2CCC(C)(C)N(C)C2(C)C)C1(C)C. The lowest BCUT2D eigenvalue weighted by molar-refractivity contribution is -0.165. The monoisotopic (exact) mass is 1020 g/mol. The summed E-state index contributed by atoms with van der Waals surface area (Å²) in [5.74, 6) is -1.67. The summed E-state index contributed by atoms with van der Waals surface area (Å²) in [6, 6.07) is 3.61. The molecular formula is C61H107N5O7. The number of hydrogen-bond acceptors (Lipinski definition) is 8. The van der Waals surface area contributed by atoms with E-state index in [-0.39, 0.29) is 75.1 Å². The van der Waals surface area contributed by atoms with Gasteiger partial charge in [0.2, 0.25) is 0 Å². The van der Waals surface area contributed by atoms with Gasteiger partial charge in [0.05, 0.1) is 0 Å². The van der Waals surface area contributed by atoms with Crippen molar-refractivity contribution in [1.29, 1.82) is 0 Å². The average Bonchev–Trinajstić information content (AvgIpc) is 3.43. The zero-order valence-electron chi connectivity index (χ0n) is 50.2. The summed E-state index contributed by atoms with van der Waals surface area (Å²) >= 11 is 0. The number of carboxylic acids is 2. The quantitative estimate of drug-likeness (QED) is 0.0577. The first-order valence-electron chi connectivity index (χ1n) is 28.3. The van der Waals surface area contributed by atoms with Crippen LogP contribution in [0, 0.1) is 23.2 Å². The number of hydrogen-bond donors (Lipinski definition) is 5. The highest BCUT2D eigenvalue weighted by molar-refractivity contribution is 6.07. The van der Waals surface area contributed by atoms with Crippen LogP contribution < -0.4 is 10.6 Å². The Bertz CT molecular complexity index is 2050. The van der Waals surface area contributed by atoms with Gasteiger partial charge in [-0.1, -0.05) is 99.1 Å². The lowest BCUT2D eigenvalue weighted by atomic mass is 9.57. The van der Waals surface area contributed by atoms with Crippen LogP contribution >= 0.6 is 0 Å². The predicted octanol–water partition coefficient (Wildman–Crippen LogP) is 12.8. The third kappa shape index (κ3) is 13.7. The molecule has 1 aromatic carbocycles. The lowest BCUT2D eigenvalue weighted by Gasteiger charge is -2.62. The van der Waals surface area contributed by atoms with Crippen LogP contribution in [0.5, 0.6) is 5.75 Å². The van der Waals surface area contributed by atoms with Crippen molar-refractivity contribution in [3.63, 3.8) is 0 Å². The molecule has 12 heteroatoms. The molecule has 12 nitrogen and oxygen atoms in total. The van der Waals surface area contributed by atoms with E-state index in [1.807, 2.05) is 32.9 Å². The smallest absolute Gasteiger partial charge is 0.325 e. The molecule has 4 aliphatic heterocycles. The summed E-state index contributed by atoms with van der Waals surface area (Å²) in [5.41, 5.74) is -1.82. The number of urea groups is 1. The molecule has 2 atom stereocenters. The number of aromatic hydroxyl groups is 1. The zero-order valence-corrected chi connectivity index (χ0v) is 50.2. The predicted molar refractivity (Wildman–Crippen MR) is 298 cm³/mol. The number of unbranched alkanes of at least 4 members (excludes halogenated alkanes) is 5. The molecular weight excluding hydrogens is 915 g/mol. The number of phenols is 1. The molecule has 0 bridgehead atoms. The van der Waals surface area contributed by atoms with E-state index >= 15 is 0 Å². The van der Waals surface area contributed by atoms with Crippen LogP contribution in [-0.2, 0) is 31.6 Å². The fourth-order valence-electron chi connectivity index (χ4n) is 14.4. The van der Waals surface area contributed by atoms with E-state index in [4.69, 9.17) is 0 Å². The van der Waals surface area contributed by atoms with E-state index < -0.39 is 28.3 Å². The summed E-state index contributed by atoms with van der Waals surface area (Å²) in [5, 5.41) is 39.7. The number of amides is 3. The molecule has 2 unspecified atom stereocenters. The van der Waals surface area contributed by atoms with Gasteiger partial charge in [-0.3, -0.25) is 29.1 Å². The second-order valence-corrected chi connectivity index (χ2v) is 29.3. The Labute approximate surface area is 444 Å². The van der Waals surface area contributed by atoms with Gasteiger partial charge in [-0.05, 0) is 200 Å². The summed E-state index contributed by atoms with van der Waals surface area (Å²) in [4.78, 5) is 58.4. The van der Waals surface area contributed by atoms with Crippen molar-refractivity contribution in [2.75, 3.05) is 20.6 Å². The molecule has 4 heterocycles. The van der Waals surface area contributed by atoms with Crippen LogP contribution in [0.25, 0.3) is 0 Å². The van der Waals surface area contributed by atoms with Crippen molar-refractivity contribution < 1.29 is 34.5 Å². The first-order valence-corrected chi connectivity index (χ1v) is 28.3. The topological polar surface area (TPSA) is 163 Å². The summed E-state index contributed by atoms with van der Waals surface area (Å²) in [6.07, 6.45) is 13.5. The molecule has 3 amide bonds. The van der Waals surface area contributed by atoms with Gasteiger partial charge < -0.3 is 26.0 Å². The van der Waals surface area contributed by atoms with Crippen LogP contribution in [-0.4, -0.2) is 113 Å². The second kappa shape index (κ2) is 22.0. The van der Waals surface area contributed by atoms with Gasteiger partial charge in [0, 0.05) is 46.2 Å². The van der Waals surface area contributed by atoms with Crippen LogP contribution in [0.3, 0.4) is 0 Å². The molecule has 4 saturated heterocycles.